The van der Waals surface area contributed by atoms with Crippen LogP contribution in [-0.2, 0) is 13.0 Å². The van der Waals surface area contributed by atoms with Gasteiger partial charge in [0, 0.05) is 13.1 Å². The van der Waals surface area contributed by atoms with Crippen molar-refractivity contribution >= 4 is 22.0 Å². The number of nitrogens with zero attached hydrogens (tertiary/aromatic N) is 2. The number of anilines is 2. The number of nitriles is 1. The molecule has 2 heterocycles. The second-order valence-corrected chi connectivity index (χ2v) is 5.45. The maximum absolute atomic E-state index is 8.95. The van der Waals surface area contributed by atoms with Crippen LogP contribution in [0.1, 0.15) is 16.0 Å². The molecule has 18 heavy (non-hydrogen) atoms. The zero-order chi connectivity index (χ0) is 12.5. The average Bonchev–Trinajstić information content (AvgIpc) is 2.79. The van der Waals surface area contributed by atoms with E-state index >= 15 is 0 Å². The van der Waals surface area contributed by atoms with Crippen LogP contribution in [0.5, 0.6) is 0 Å². The molecule has 90 valence electrons. The summed E-state index contributed by atoms with van der Waals surface area (Å²) in [7, 11) is 0. The maximum Gasteiger partial charge on any atom is 0.129 e. The molecule has 0 aliphatic carbocycles. The van der Waals surface area contributed by atoms with E-state index in [1.807, 2.05) is 6.07 Å². The molecule has 0 unspecified atom stereocenters. The Morgan fingerprint density at radius 2 is 2.06 bits per heavy atom. The highest BCUT2D eigenvalue weighted by atomic mass is 32.1. The van der Waals surface area contributed by atoms with E-state index in [2.05, 4.69) is 35.2 Å². The summed E-state index contributed by atoms with van der Waals surface area (Å²) < 4.78 is 0. The third-order valence-electron chi connectivity index (χ3n) is 3.29. The highest BCUT2D eigenvalue weighted by Crippen LogP contribution is 2.34. The topological polar surface area (TPSA) is 53.0 Å². The number of nitrogen functional groups attached to an aromatic ring is 1. The molecule has 4 heteroatoms. The van der Waals surface area contributed by atoms with E-state index in [1.165, 1.54) is 22.5 Å². The van der Waals surface area contributed by atoms with E-state index < -0.39 is 0 Å². The SMILES string of the molecule is N#Cc1sc(N2CCc3ccccc3C2)cc1N. The average molecular weight is 255 g/mol. The lowest BCUT2D eigenvalue weighted by atomic mass is 10.0. The van der Waals surface area contributed by atoms with Gasteiger partial charge in [0.1, 0.15) is 10.9 Å². The summed E-state index contributed by atoms with van der Waals surface area (Å²) in [6, 6.07) is 12.6. The predicted molar refractivity (Wildman–Crippen MR) is 74.6 cm³/mol. The lowest BCUT2D eigenvalue weighted by Gasteiger charge is -2.29. The molecule has 1 aliphatic heterocycles. The van der Waals surface area contributed by atoms with Crippen LogP contribution in [0.4, 0.5) is 10.7 Å². The van der Waals surface area contributed by atoms with Gasteiger partial charge in [0.2, 0.25) is 0 Å². The first-order chi connectivity index (χ1) is 8.78. The Balaban J connectivity index is 1.90. The van der Waals surface area contributed by atoms with E-state index in [9.17, 15) is 0 Å². The second kappa shape index (κ2) is 4.35. The van der Waals surface area contributed by atoms with Crippen molar-refractivity contribution in [2.24, 2.45) is 0 Å². The summed E-state index contributed by atoms with van der Waals surface area (Å²) in [5.41, 5.74) is 9.21. The number of nitrogens with two attached hydrogens (primary N) is 1. The molecule has 0 saturated carbocycles. The molecule has 1 aromatic heterocycles. The Morgan fingerprint density at radius 3 is 2.78 bits per heavy atom. The molecule has 3 rings (SSSR count). The molecule has 1 aliphatic rings. The number of rotatable bonds is 1. The van der Waals surface area contributed by atoms with E-state index in [4.69, 9.17) is 11.0 Å². The standard InChI is InChI=1S/C14H13N3S/c15-8-13-12(16)7-14(18-13)17-6-5-10-3-1-2-4-11(10)9-17/h1-4,7H,5-6,9,16H2. The fraction of sp³-hybridized carbons (Fsp3) is 0.214. The summed E-state index contributed by atoms with van der Waals surface area (Å²) in [5, 5.41) is 10.0. The van der Waals surface area contributed by atoms with Crippen molar-refractivity contribution in [1.82, 2.24) is 0 Å². The minimum Gasteiger partial charge on any atom is -0.397 e. The lowest BCUT2D eigenvalue weighted by Crippen LogP contribution is -2.29. The van der Waals surface area contributed by atoms with Gasteiger partial charge in [-0.1, -0.05) is 24.3 Å². The van der Waals surface area contributed by atoms with Crippen LogP contribution in [0, 0.1) is 11.3 Å². The molecule has 2 N–H and O–H groups in total. The van der Waals surface area contributed by atoms with Crippen LogP contribution in [0.25, 0.3) is 0 Å². The normalized spacial score (nSPS) is 14.1. The molecule has 0 spiro atoms. The van der Waals surface area contributed by atoms with Gasteiger partial charge in [0.15, 0.2) is 0 Å². The second-order valence-electron chi connectivity index (χ2n) is 4.42. The summed E-state index contributed by atoms with van der Waals surface area (Å²) in [5.74, 6) is 0. The van der Waals surface area contributed by atoms with E-state index in [1.54, 1.807) is 0 Å². The van der Waals surface area contributed by atoms with E-state index in [0.29, 0.717) is 10.6 Å². The molecule has 0 atom stereocenters. The molecule has 1 aromatic carbocycles. The van der Waals surface area contributed by atoms with Gasteiger partial charge in [-0.25, -0.2) is 0 Å². The van der Waals surface area contributed by atoms with Gasteiger partial charge in [-0.3, -0.25) is 0 Å². The quantitative estimate of drug-likeness (QED) is 0.852. The molecule has 3 nitrogen and oxygen atoms in total. The van der Waals surface area contributed by atoms with Gasteiger partial charge in [0.05, 0.1) is 10.7 Å². The Labute approximate surface area is 110 Å². The van der Waals surface area contributed by atoms with E-state index in [0.717, 1.165) is 24.5 Å². The van der Waals surface area contributed by atoms with Crippen LogP contribution >= 0.6 is 11.3 Å². The third kappa shape index (κ3) is 1.83. The number of hydrogen-bond acceptors (Lipinski definition) is 4. The highest BCUT2D eigenvalue weighted by molar-refractivity contribution is 7.17. The molecule has 0 saturated heterocycles. The zero-order valence-electron chi connectivity index (χ0n) is 9.89. The van der Waals surface area contributed by atoms with Gasteiger partial charge >= 0.3 is 0 Å². The van der Waals surface area contributed by atoms with Gasteiger partial charge in [0.25, 0.3) is 0 Å². The van der Waals surface area contributed by atoms with Crippen LogP contribution < -0.4 is 10.6 Å². The number of hydrogen-bond donors (Lipinski definition) is 1. The Hall–Kier alpha value is -1.99. The van der Waals surface area contributed by atoms with Gasteiger partial charge in [-0.05, 0) is 23.6 Å². The zero-order valence-corrected chi connectivity index (χ0v) is 10.7. The minimum absolute atomic E-state index is 0.594. The van der Waals surface area contributed by atoms with Crippen molar-refractivity contribution in [3.8, 4) is 6.07 Å². The summed E-state index contributed by atoms with van der Waals surface area (Å²) in [6.07, 6.45) is 1.05. The van der Waals surface area contributed by atoms with Gasteiger partial charge in [-0.15, -0.1) is 11.3 Å². The Kier molecular flexibility index (Phi) is 2.69. The van der Waals surface area contributed by atoms with Crippen LogP contribution in [0.15, 0.2) is 30.3 Å². The lowest BCUT2D eigenvalue weighted by molar-refractivity contribution is 0.738. The first kappa shape index (κ1) is 11.1. The van der Waals surface area contributed by atoms with Crippen molar-refractivity contribution in [3.05, 3.63) is 46.3 Å². The first-order valence-corrected chi connectivity index (χ1v) is 6.70. The van der Waals surface area contributed by atoms with Gasteiger partial charge in [-0.2, -0.15) is 5.26 Å². The fourth-order valence-electron chi connectivity index (χ4n) is 2.32. The van der Waals surface area contributed by atoms with Crippen molar-refractivity contribution in [2.75, 3.05) is 17.2 Å². The van der Waals surface area contributed by atoms with E-state index in [-0.39, 0.29) is 0 Å². The van der Waals surface area contributed by atoms with Gasteiger partial charge < -0.3 is 10.6 Å². The summed E-state index contributed by atoms with van der Waals surface area (Å²) in [6.45, 7) is 1.89. The van der Waals surface area contributed by atoms with Crippen LogP contribution in [0.3, 0.4) is 0 Å². The predicted octanol–water partition coefficient (Wildman–Crippen LogP) is 2.76. The van der Waals surface area contributed by atoms with Crippen molar-refractivity contribution < 1.29 is 0 Å². The van der Waals surface area contributed by atoms with Crippen LogP contribution in [-0.4, -0.2) is 6.54 Å². The monoisotopic (exact) mass is 255 g/mol. The Morgan fingerprint density at radius 1 is 1.28 bits per heavy atom. The molecule has 0 fully saturated rings. The third-order valence-corrected chi connectivity index (χ3v) is 4.41. The van der Waals surface area contributed by atoms with Crippen LogP contribution in [0.2, 0.25) is 0 Å². The van der Waals surface area contributed by atoms with Crippen molar-refractivity contribution in [3.63, 3.8) is 0 Å². The summed E-state index contributed by atoms with van der Waals surface area (Å²) >= 11 is 1.48. The number of thiophene rings is 1. The molecule has 2 aromatic rings. The smallest absolute Gasteiger partial charge is 0.129 e. The number of fused-ring (bicyclic) bond motifs is 1. The summed E-state index contributed by atoms with van der Waals surface area (Å²) in [4.78, 5) is 2.91. The highest BCUT2D eigenvalue weighted by Gasteiger charge is 2.18. The largest absolute Gasteiger partial charge is 0.397 e. The first-order valence-electron chi connectivity index (χ1n) is 5.89. The fourth-order valence-corrected chi connectivity index (χ4v) is 3.22. The molecular formula is C14H13N3S. The molecule has 0 radical (unpaired) electrons. The Bertz CT molecular complexity index is 624. The molecule has 0 bridgehead atoms. The molecular weight excluding hydrogens is 242 g/mol. The maximum atomic E-state index is 8.95. The minimum atomic E-state index is 0.594. The number of benzene rings is 1. The molecule has 0 amide bonds. The van der Waals surface area contributed by atoms with Crippen molar-refractivity contribution in [2.45, 2.75) is 13.0 Å². The van der Waals surface area contributed by atoms with Crippen molar-refractivity contribution in [1.29, 1.82) is 5.26 Å².